The van der Waals surface area contributed by atoms with Crippen molar-refractivity contribution < 1.29 is 13.9 Å². The minimum Gasteiger partial charge on any atom is -0.445 e. The smallest absolute Gasteiger partial charge is 0.407 e. The predicted molar refractivity (Wildman–Crippen MR) is 77.6 cm³/mol. The average Bonchev–Trinajstić information content (AvgIpc) is 2.45. The number of rotatable bonds is 4. The lowest BCUT2D eigenvalue weighted by Gasteiger charge is -2.08. The molecule has 0 aromatic heterocycles. The zero-order chi connectivity index (χ0) is 14.4. The Bertz CT molecular complexity index is 590. The van der Waals surface area contributed by atoms with Crippen molar-refractivity contribution in [2.24, 2.45) is 0 Å². The third-order valence-corrected chi connectivity index (χ3v) is 3.14. The molecule has 0 heterocycles. The molecule has 0 saturated heterocycles. The fourth-order valence-electron chi connectivity index (χ4n) is 1.61. The summed E-state index contributed by atoms with van der Waals surface area (Å²) in [6.45, 7) is 0.280. The molecule has 0 bridgehead atoms. The number of carbonyl (C=O) groups is 1. The van der Waals surface area contributed by atoms with Gasteiger partial charge in [0.2, 0.25) is 0 Å². The SMILES string of the molecule is O=C(NCc1ccc(Br)cc1F)OCc1ccccc1. The molecule has 0 fully saturated rings. The summed E-state index contributed by atoms with van der Waals surface area (Å²) in [5.74, 6) is -0.372. The highest BCUT2D eigenvalue weighted by Gasteiger charge is 2.06. The third kappa shape index (κ3) is 4.35. The largest absolute Gasteiger partial charge is 0.445 e. The third-order valence-electron chi connectivity index (χ3n) is 2.65. The Kier molecular flexibility index (Phi) is 5.12. The van der Waals surface area contributed by atoms with Gasteiger partial charge in [0.05, 0.1) is 0 Å². The normalized spacial score (nSPS) is 10.1. The topological polar surface area (TPSA) is 38.3 Å². The number of ether oxygens (including phenoxy) is 1. The van der Waals surface area contributed by atoms with E-state index >= 15 is 0 Å². The summed E-state index contributed by atoms with van der Waals surface area (Å²) in [5.41, 5.74) is 1.31. The van der Waals surface area contributed by atoms with E-state index < -0.39 is 6.09 Å². The van der Waals surface area contributed by atoms with Gasteiger partial charge >= 0.3 is 6.09 Å². The second kappa shape index (κ2) is 7.05. The molecular formula is C15H13BrFNO2. The first-order valence-corrected chi connectivity index (χ1v) is 6.83. The zero-order valence-corrected chi connectivity index (χ0v) is 12.2. The summed E-state index contributed by atoms with van der Waals surface area (Å²) in [4.78, 5) is 11.5. The Morgan fingerprint density at radius 1 is 1.20 bits per heavy atom. The lowest BCUT2D eigenvalue weighted by molar-refractivity contribution is 0.139. The van der Waals surface area contributed by atoms with Crippen molar-refractivity contribution in [3.8, 4) is 0 Å². The first-order valence-electron chi connectivity index (χ1n) is 6.03. The summed E-state index contributed by atoms with van der Waals surface area (Å²) < 4.78 is 19.2. The summed E-state index contributed by atoms with van der Waals surface area (Å²) in [5, 5.41) is 2.51. The van der Waals surface area contributed by atoms with Gasteiger partial charge in [0.25, 0.3) is 0 Å². The Morgan fingerprint density at radius 3 is 2.65 bits per heavy atom. The molecule has 0 aliphatic heterocycles. The maximum Gasteiger partial charge on any atom is 0.407 e. The number of hydrogen-bond donors (Lipinski definition) is 1. The number of carbonyl (C=O) groups excluding carboxylic acids is 1. The van der Waals surface area contributed by atoms with Crippen molar-refractivity contribution in [2.75, 3.05) is 0 Å². The van der Waals surface area contributed by atoms with E-state index in [9.17, 15) is 9.18 Å². The van der Waals surface area contributed by atoms with Gasteiger partial charge in [-0.3, -0.25) is 0 Å². The van der Waals surface area contributed by atoms with E-state index in [1.807, 2.05) is 30.3 Å². The van der Waals surface area contributed by atoms with Crippen LogP contribution in [0, 0.1) is 5.82 Å². The highest BCUT2D eigenvalue weighted by molar-refractivity contribution is 9.10. The standard InChI is InChI=1S/C15H13BrFNO2/c16-13-7-6-12(14(17)8-13)9-18-15(19)20-10-11-4-2-1-3-5-11/h1-8H,9-10H2,(H,18,19). The minimum absolute atomic E-state index is 0.0900. The second-order valence-electron chi connectivity index (χ2n) is 4.15. The van der Waals surface area contributed by atoms with Crippen molar-refractivity contribution in [1.82, 2.24) is 5.32 Å². The van der Waals surface area contributed by atoms with Crippen molar-refractivity contribution in [2.45, 2.75) is 13.2 Å². The number of hydrogen-bond acceptors (Lipinski definition) is 2. The number of benzene rings is 2. The summed E-state index contributed by atoms with van der Waals surface area (Å²) in [6, 6.07) is 14.0. The van der Waals surface area contributed by atoms with Crippen molar-refractivity contribution in [1.29, 1.82) is 0 Å². The molecule has 3 nitrogen and oxygen atoms in total. The number of alkyl carbamates (subject to hydrolysis) is 1. The van der Waals surface area contributed by atoms with Crippen LogP contribution in [0.2, 0.25) is 0 Å². The van der Waals surface area contributed by atoms with E-state index in [4.69, 9.17) is 4.74 Å². The molecule has 2 rings (SSSR count). The molecule has 2 aromatic rings. The lowest BCUT2D eigenvalue weighted by atomic mass is 10.2. The first-order chi connectivity index (χ1) is 9.65. The van der Waals surface area contributed by atoms with Gasteiger partial charge in [-0.2, -0.15) is 0 Å². The number of amides is 1. The van der Waals surface area contributed by atoms with Gasteiger partial charge in [0, 0.05) is 16.6 Å². The van der Waals surface area contributed by atoms with Crippen molar-refractivity contribution >= 4 is 22.0 Å². The van der Waals surface area contributed by atoms with Gasteiger partial charge in [-0.1, -0.05) is 52.3 Å². The van der Waals surface area contributed by atoms with Crippen LogP contribution >= 0.6 is 15.9 Å². The van der Waals surface area contributed by atoms with Gasteiger partial charge < -0.3 is 10.1 Å². The van der Waals surface area contributed by atoms with Crippen LogP contribution in [0.1, 0.15) is 11.1 Å². The Morgan fingerprint density at radius 2 is 1.95 bits per heavy atom. The molecule has 5 heteroatoms. The number of nitrogens with one attached hydrogen (secondary N) is 1. The first kappa shape index (κ1) is 14.5. The van der Waals surface area contributed by atoms with Crippen LogP contribution in [0.15, 0.2) is 53.0 Å². The molecule has 0 aliphatic carbocycles. The molecule has 0 unspecified atom stereocenters. The zero-order valence-electron chi connectivity index (χ0n) is 10.6. The van der Waals surface area contributed by atoms with Gasteiger partial charge in [0.15, 0.2) is 0 Å². The molecule has 0 radical (unpaired) electrons. The second-order valence-corrected chi connectivity index (χ2v) is 5.07. The monoisotopic (exact) mass is 337 g/mol. The van der Waals surface area contributed by atoms with Crippen LogP contribution in [0.3, 0.4) is 0 Å². The molecule has 20 heavy (non-hydrogen) atoms. The van der Waals surface area contributed by atoms with Gasteiger partial charge in [0.1, 0.15) is 12.4 Å². The van der Waals surface area contributed by atoms with E-state index in [0.29, 0.717) is 10.0 Å². The lowest BCUT2D eigenvalue weighted by Crippen LogP contribution is -2.24. The van der Waals surface area contributed by atoms with Crippen LogP contribution in [0.5, 0.6) is 0 Å². The van der Waals surface area contributed by atoms with E-state index in [2.05, 4.69) is 21.2 Å². The molecular weight excluding hydrogens is 325 g/mol. The fraction of sp³-hybridized carbons (Fsp3) is 0.133. The maximum atomic E-state index is 13.5. The molecule has 0 spiro atoms. The average molecular weight is 338 g/mol. The van der Waals surface area contributed by atoms with Crippen LogP contribution < -0.4 is 5.32 Å². The molecule has 1 N–H and O–H groups in total. The van der Waals surface area contributed by atoms with E-state index in [1.165, 1.54) is 6.07 Å². The summed E-state index contributed by atoms with van der Waals surface area (Å²) in [6.07, 6.45) is -0.573. The predicted octanol–water partition coefficient (Wildman–Crippen LogP) is 4.01. The van der Waals surface area contributed by atoms with E-state index in [-0.39, 0.29) is 19.0 Å². The molecule has 1 amide bonds. The molecule has 0 aliphatic rings. The quantitative estimate of drug-likeness (QED) is 0.915. The van der Waals surface area contributed by atoms with Crippen LogP contribution in [0.25, 0.3) is 0 Å². The summed E-state index contributed by atoms with van der Waals surface area (Å²) >= 11 is 3.18. The van der Waals surface area contributed by atoms with Gasteiger partial charge in [-0.25, -0.2) is 9.18 Å². The van der Waals surface area contributed by atoms with Crippen molar-refractivity contribution in [3.05, 3.63) is 69.9 Å². The van der Waals surface area contributed by atoms with Crippen LogP contribution in [0.4, 0.5) is 9.18 Å². The minimum atomic E-state index is -0.573. The molecule has 2 aromatic carbocycles. The van der Waals surface area contributed by atoms with Crippen LogP contribution in [-0.2, 0) is 17.9 Å². The highest BCUT2D eigenvalue weighted by atomic mass is 79.9. The van der Waals surface area contributed by atoms with Gasteiger partial charge in [-0.15, -0.1) is 0 Å². The number of halogens is 2. The Hall–Kier alpha value is -1.88. The molecule has 0 saturated carbocycles. The maximum absolute atomic E-state index is 13.5. The summed E-state index contributed by atoms with van der Waals surface area (Å²) in [7, 11) is 0. The van der Waals surface area contributed by atoms with Gasteiger partial charge in [-0.05, 0) is 17.7 Å². The van der Waals surface area contributed by atoms with E-state index in [0.717, 1.165) is 5.56 Å². The van der Waals surface area contributed by atoms with E-state index in [1.54, 1.807) is 12.1 Å². The highest BCUT2D eigenvalue weighted by Crippen LogP contribution is 2.15. The molecule has 104 valence electrons. The fourth-order valence-corrected chi connectivity index (χ4v) is 1.94. The van der Waals surface area contributed by atoms with Crippen molar-refractivity contribution in [3.63, 3.8) is 0 Å². The Balaban J connectivity index is 1.80. The Labute approximate surface area is 124 Å². The van der Waals surface area contributed by atoms with Crippen LogP contribution in [-0.4, -0.2) is 6.09 Å². The molecule has 0 atom stereocenters.